The molecule has 1 fully saturated rings. The van der Waals surface area contributed by atoms with Crippen LogP contribution in [0.3, 0.4) is 0 Å². The summed E-state index contributed by atoms with van der Waals surface area (Å²) in [6.07, 6.45) is 6.92. The molecule has 0 unspecified atom stereocenters. The molecule has 0 saturated heterocycles. The summed E-state index contributed by atoms with van der Waals surface area (Å²) in [4.78, 5) is 0. The van der Waals surface area contributed by atoms with E-state index in [1.807, 2.05) is 0 Å². The standard InChI is InChI=1S/C14H29NO2/c1-13(2)7-10-16-11-8-15-9-12-17-14-5-3-4-6-14/h13-15H,3-12H2,1-2H3. The molecule has 102 valence electrons. The van der Waals surface area contributed by atoms with Crippen LogP contribution in [0.15, 0.2) is 0 Å². The monoisotopic (exact) mass is 243 g/mol. The molecule has 3 heteroatoms. The molecule has 0 atom stereocenters. The van der Waals surface area contributed by atoms with Gasteiger partial charge in [-0.2, -0.15) is 0 Å². The maximum atomic E-state index is 5.76. The molecule has 1 aliphatic rings. The number of nitrogens with one attached hydrogen (secondary N) is 1. The molecule has 0 radical (unpaired) electrons. The van der Waals surface area contributed by atoms with Crippen molar-refractivity contribution in [2.75, 3.05) is 32.9 Å². The van der Waals surface area contributed by atoms with Gasteiger partial charge in [-0.3, -0.25) is 0 Å². The Morgan fingerprint density at radius 1 is 1.06 bits per heavy atom. The third-order valence-electron chi connectivity index (χ3n) is 3.20. The van der Waals surface area contributed by atoms with E-state index in [9.17, 15) is 0 Å². The van der Waals surface area contributed by atoms with Gasteiger partial charge < -0.3 is 14.8 Å². The lowest BCUT2D eigenvalue weighted by Gasteiger charge is -2.11. The molecule has 0 spiro atoms. The van der Waals surface area contributed by atoms with Crippen LogP contribution >= 0.6 is 0 Å². The Balaban J connectivity index is 1.72. The third kappa shape index (κ3) is 8.58. The fourth-order valence-electron chi connectivity index (χ4n) is 2.04. The average molecular weight is 243 g/mol. The summed E-state index contributed by atoms with van der Waals surface area (Å²) < 4.78 is 11.3. The summed E-state index contributed by atoms with van der Waals surface area (Å²) in [5, 5.41) is 3.35. The van der Waals surface area contributed by atoms with Gasteiger partial charge in [0.2, 0.25) is 0 Å². The van der Waals surface area contributed by atoms with Gasteiger partial charge in [0.15, 0.2) is 0 Å². The molecule has 0 aromatic heterocycles. The molecule has 1 aliphatic carbocycles. The highest BCUT2D eigenvalue weighted by atomic mass is 16.5. The number of ether oxygens (including phenoxy) is 2. The molecule has 0 aliphatic heterocycles. The first-order valence-electron chi connectivity index (χ1n) is 7.19. The molecule has 0 heterocycles. The highest BCUT2D eigenvalue weighted by Gasteiger charge is 2.14. The first-order valence-corrected chi connectivity index (χ1v) is 7.19. The minimum absolute atomic E-state index is 0.541. The molecule has 0 aromatic carbocycles. The SMILES string of the molecule is CC(C)CCOCCNCCOC1CCCC1. The summed E-state index contributed by atoms with van der Waals surface area (Å²) in [5.74, 6) is 0.739. The van der Waals surface area contributed by atoms with Gasteiger partial charge in [-0.05, 0) is 25.2 Å². The third-order valence-corrected chi connectivity index (χ3v) is 3.20. The van der Waals surface area contributed by atoms with Gasteiger partial charge in [-0.25, -0.2) is 0 Å². The van der Waals surface area contributed by atoms with Crippen LogP contribution in [0.5, 0.6) is 0 Å². The fourth-order valence-corrected chi connectivity index (χ4v) is 2.04. The lowest BCUT2D eigenvalue weighted by atomic mass is 10.1. The topological polar surface area (TPSA) is 30.5 Å². The van der Waals surface area contributed by atoms with Gasteiger partial charge in [0.05, 0.1) is 19.3 Å². The fraction of sp³-hybridized carbons (Fsp3) is 1.00. The van der Waals surface area contributed by atoms with Crippen LogP contribution in [0, 0.1) is 5.92 Å². The van der Waals surface area contributed by atoms with E-state index in [0.717, 1.165) is 45.2 Å². The summed E-state index contributed by atoms with van der Waals surface area (Å²) in [6.45, 7) is 8.88. The second-order valence-electron chi connectivity index (χ2n) is 5.32. The van der Waals surface area contributed by atoms with Crippen molar-refractivity contribution in [3.8, 4) is 0 Å². The zero-order valence-electron chi connectivity index (χ0n) is 11.5. The van der Waals surface area contributed by atoms with Crippen LogP contribution in [0.4, 0.5) is 0 Å². The Labute approximate surface area is 106 Å². The van der Waals surface area contributed by atoms with Crippen LogP contribution < -0.4 is 5.32 Å². The molecule has 0 aromatic rings. The van der Waals surface area contributed by atoms with E-state index in [0.29, 0.717) is 6.10 Å². The van der Waals surface area contributed by atoms with Gasteiger partial charge in [-0.1, -0.05) is 26.7 Å². The van der Waals surface area contributed by atoms with Gasteiger partial charge in [0.25, 0.3) is 0 Å². The van der Waals surface area contributed by atoms with E-state index in [-0.39, 0.29) is 0 Å². The van der Waals surface area contributed by atoms with Crippen LogP contribution in [0.2, 0.25) is 0 Å². The summed E-state index contributed by atoms with van der Waals surface area (Å²) >= 11 is 0. The minimum atomic E-state index is 0.541. The highest BCUT2D eigenvalue weighted by molar-refractivity contribution is 4.66. The van der Waals surface area contributed by atoms with E-state index in [2.05, 4.69) is 19.2 Å². The molecule has 17 heavy (non-hydrogen) atoms. The van der Waals surface area contributed by atoms with Crippen molar-refractivity contribution in [3.05, 3.63) is 0 Å². The Morgan fingerprint density at radius 2 is 1.76 bits per heavy atom. The summed E-state index contributed by atoms with van der Waals surface area (Å²) in [5.41, 5.74) is 0. The largest absolute Gasteiger partial charge is 0.380 e. The van der Waals surface area contributed by atoms with Crippen LogP contribution in [-0.4, -0.2) is 39.0 Å². The molecule has 1 saturated carbocycles. The molecule has 0 amide bonds. The lowest BCUT2D eigenvalue weighted by Crippen LogP contribution is -2.25. The van der Waals surface area contributed by atoms with Gasteiger partial charge >= 0.3 is 0 Å². The quantitative estimate of drug-likeness (QED) is 0.598. The maximum Gasteiger partial charge on any atom is 0.0594 e. The highest BCUT2D eigenvalue weighted by Crippen LogP contribution is 2.20. The van der Waals surface area contributed by atoms with Crippen molar-refractivity contribution in [3.63, 3.8) is 0 Å². The van der Waals surface area contributed by atoms with E-state index >= 15 is 0 Å². The van der Waals surface area contributed by atoms with Crippen molar-refractivity contribution in [1.29, 1.82) is 0 Å². The summed E-state index contributed by atoms with van der Waals surface area (Å²) in [7, 11) is 0. The second-order valence-corrected chi connectivity index (χ2v) is 5.32. The van der Waals surface area contributed by atoms with Crippen molar-refractivity contribution in [2.24, 2.45) is 5.92 Å². The Kier molecular flexibility index (Phi) is 8.67. The molecular formula is C14H29NO2. The number of hydrogen-bond acceptors (Lipinski definition) is 3. The first-order chi connectivity index (χ1) is 8.29. The van der Waals surface area contributed by atoms with Crippen LogP contribution in [0.1, 0.15) is 46.0 Å². The van der Waals surface area contributed by atoms with E-state index < -0.39 is 0 Å². The van der Waals surface area contributed by atoms with Crippen molar-refractivity contribution in [1.82, 2.24) is 5.32 Å². The first kappa shape index (κ1) is 14.9. The van der Waals surface area contributed by atoms with E-state index in [1.165, 1.54) is 25.7 Å². The normalized spacial score (nSPS) is 17.1. The zero-order chi connectivity index (χ0) is 12.3. The predicted octanol–water partition coefficient (Wildman–Crippen LogP) is 2.60. The van der Waals surface area contributed by atoms with Crippen molar-refractivity contribution >= 4 is 0 Å². The van der Waals surface area contributed by atoms with Gasteiger partial charge in [0.1, 0.15) is 0 Å². The maximum absolute atomic E-state index is 5.76. The molecule has 1 rings (SSSR count). The second kappa shape index (κ2) is 9.86. The van der Waals surface area contributed by atoms with Crippen molar-refractivity contribution in [2.45, 2.75) is 52.1 Å². The molecule has 1 N–H and O–H groups in total. The molecular weight excluding hydrogens is 214 g/mol. The number of hydrogen-bond donors (Lipinski definition) is 1. The Bertz CT molecular complexity index is 168. The lowest BCUT2D eigenvalue weighted by molar-refractivity contribution is 0.0586. The Morgan fingerprint density at radius 3 is 2.47 bits per heavy atom. The van der Waals surface area contributed by atoms with E-state index in [1.54, 1.807) is 0 Å². The minimum Gasteiger partial charge on any atom is -0.380 e. The predicted molar refractivity (Wildman–Crippen MR) is 71.4 cm³/mol. The van der Waals surface area contributed by atoms with E-state index in [4.69, 9.17) is 9.47 Å². The van der Waals surface area contributed by atoms with Crippen LogP contribution in [0.25, 0.3) is 0 Å². The average Bonchev–Trinajstić information content (AvgIpc) is 2.79. The smallest absolute Gasteiger partial charge is 0.0594 e. The number of rotatable bonds is 10. The van der Waals surface area contributed by atoms with Gasteiger partial charge in [-0.15, -0.1) is 0 Å². The van der Waals surface area contributed by atoms with Gasteiger partial charge in [0, 0.05) is 19.7 Å². The Hall–Kier alpha value is -0.120. The molecule has 3 nitrogen and oxygen atoms in total. The zero-order valence-corrected chi connectivity index (χ0v) is 11.5. The molecule has 0 bridgehead atoms. The van der Waals surface area contributed by atoms with Crippen LogP contribution in [-0.2, 0) is 9.47 Å². The summed E-state index contributed by atoms with van der Waals surface area (Å²) in [6, 6.07) is 0. The van der Waals surface area contributed by atoms with Crippen molar-refractivity contribution < 1.29 is 9.47 Å².